The Balaban J connectivity index is 1.66. The SMILES string of the molecule is CCCc1nsc(NCCN2CCNCC2)n1. The Labute approximate surface area is 107 Å². The molecular formula is C11H21N5S. The van der Waals surface area contributed by atoms with E-state index in [-0.39, 0.29) is 0 Å². The molecule has 2 N–H and O–H groups in total. The smallest absolute Gasteiger partial charge is 0.202 e. The van der Waals surface area contributed by atoms with E-state index in [1.807, 2.05) is 0 Å². The van der Waals surface area contributed by atoms with Gasteiger partial charge in [-0.15, -0.1) is 0 Å². The molecule has 0 unspecified atom stereocenters. The van der Waals surface area contributed by atoms with Crippen molar-refractivity contribution in [3.63, 3.8) is 0 Å². The van der Waals surface area contributed by atoms with Crippen molar-refractivity contribution in [3.8, 4) is 0 Å². The van der Waals surface area contributed by atoms with Crippen LogP contribution in [-0.2, 0) is 6.42 Å². The predicted octanol–water partition coefficient (Wildman–Crippen LogP) is 0.808. The van der Waals surface area contributed by atoms with Gasteiger partial charge in [0, 0.05) is 57.2 Å². The average molecular weight is 255 g/mol. The molecule has 0 spiro atoms. The number of piperazine rings is 1. The molecule has 0 amide bonds. The normalized spacial score (nSPS) is 17.2. The van der Waals surface area contributed by atoms with Gasteiger partial charge in [0.15, 0.2) is 0 Å². The molecule has 0 radical (unpaired) electrons. The second-order valence-corrected chi connectivity index (χ2v) is 5.04. The molecule has 1 aliphatic rings. The molecule has 0 aromatic carbocycles. The third-order valence-electron chi connectivity index (χ3n) is 2.86. The lowest BCUT2D eigenvalue weighted by molar-refractivity contribution is 0.249. The maximum absolute atomic E-state index is 4.45. The Morgan fingerprint density at radius 1 is 1.41 bits per heavy atom. The molecule has 1 aromatic heterocycles. The van der Waals surface area contributed by atoms with E-state index in [4.69, 9.17) is 0 Å². The number of nitrogens with one attached hydrogen (secondary N) is 2. The first-order chi connectivity index (χ1) is 8.38. The molecular weight excluding hydrogens is 234 g/mol. The molecule has 0 aliphatic carbocycles. The second-order valence-electron chi connectivity index (χ2n) is 4.28. The van der Waals surface area contributed by atoms with Crippen LogP contribution in [0.15, 0.2) is 0 Å². The van der Waals surface area contributed by atoms with Gasteiger partial charge in [-0.25, -0.2) is 4.98 Å². The third-order valence-corrected chi connectivity index (χ3v) is 3.57. The van der Waals surface area contributed by atoms with Crippen molar-refractivity contribution in [2.75, 3.05) is 44.6 Å². The maximum atomic E-state index is 4.45. The Bertz CT molecular complexity index is 321. The summed E-state index contributed by atoms with van der Waals surface area (Å²) in [4.78, 5) is 6.92. The zero-order chi connectivity index (χ0) is 11.9. The van der Waals surface area contributed by atoms with E-state index in [2.05, 4.69) is 31.8 Å². The van der Waals surface area contributed by atoms with Crippen LogP contribution in [0.3, 0.4) is 0 Å². The van der Waals surface area contributed by atoms with Gasteiger partial charge in [-0.3, -0.25) is 4.90 Å². The molecule has 1 aliphatic heterocycles. The van der Waals surface area contributed by atoms with E-state index in [0.29, 0.717) is 0 Å². The minimum absolute atomic E-state index is 0.959. The first-order valence-electron chi connectivity index (χ1n) is 6.38. The van der Waals surface area contributed by atoms with E-state index in [9.17, 15) is 0 Å². The van der Waals surface area contributed by atoms with Gasteiger partial charge in [0.05, 0.1) is 0 Å². The van der Waals surface area contributed by atoms with Crippen LogP contribution in [0.4, 0.5) is 5.13 Å². The van der Waals surface area contributed by atoms with Gasteiger partial charge in [0.2, 0.25) is 5.13 Å². The summed E-state index contributed by atoms with van der Waals surface area (Å²) in [5.74, 6) is 0.974. The second kappa shape index (κ2) is 6.88. The van der Waals surface area contributed by atoms with E-state index >= 15 is 0 Å². The molecule has 2 heterocycles. The minimum atomic E-state index is 0.959. The summed E-state index contributed by atoms with van der Waals surface area (Å²) in [6, 6.07) is 0. The first kappa shape index (κ1) is 12.7. The highest BCUT2D eigenvalue weighted by Gasteiger charge is 2.09. The van der Waals surface area contributed by atoms with Crippen molar-refractivity contribution in [2.24, 2.45) is 0 Å². The van der Waals surface area contributed by atoms with Gasteiger partial charge in [0.25, 0.3) is 0 Å². The third kappa shape index (κ3) is 4.22. The largest absolute Gasteiger partial charge is 0.359 e. The molecule has 0 atom stereocenters. The summed E-state index contributed by atoms with van der Waals surface area (Å²) >= 11 is 1.47. The lowest BCUT2D eigenvalue weighted by atomic mass is 10.3. The summed E-state index contributed by atoms with van der Waals surface area (Å²) in [5, 5.41) is 7.67. The van der Waals surface area contributed by atoms with Crippen LogP contribution >= 0.6 is 11.5 Å². The van der Waals surface area contributed by atoms with Crippen LogP contribution < -0.4 is 10.6 Å². The molecule has 2 rings (SSSR count). The average Bonchev–Trinajstić information content (AvgIpc) is 2.79. The fourth-order valence-electron chi connectivity index (χ4n) is 1.91. The number of rotatable bonds is 6. The van der Waals surface area contributed by atoms with Gasteiger partial charge >= 0.3 is 0 Å². The summed E-state index contributed by atoms with van der Waals surface area (Å²) in [5.41, 5.74) is 0. The van der Waals surface area contributed by atoms with Crippen LogP contribution in [0.25, 0.3) is 0 Å². The molecule has 1 aromatic rings. The highest BCUT2D eigenvalue weighted by molar-refractivity contribution is 7.09. The lowest BCUT2D eigenvalue weighted by Gasteiger charge is -2.26. The molecule has 1 saturated heterocycles. The van der Waals surface area contributed by atoms with Crippen LogP contribution in [0.5, 0.6) is 0 Å². The fourth-order valence-corrected chi connectivity index (χ4v) is 2.54. The van der Waals surface area contributed by atoms with Crippen LogP contribution in [0.1, 0.15) is 19.2 Å². The zero-order valence-corrected chi connectivity index (χ0v) is 11.2. The zero-order valence-electron chi connectivity index (χ0n) is 10.4. The van der Waals surface area contributed by atoms with Gasteiger partial charge in [-0.1, -0.05) is 6.92 Å². The highest BCUT2D eigenvalue weighted by Crippen LogP contribution is 2.11. The summed E-state index contributed by atoms with van der Waals surface area (Å²) in [6.07, 6.45) is 2.09. The van der Waals surface area contributed by atoms with Crippen molar-refractivity contribution >= 4 is 16.7 Å². The van der Waals surface area contributed by atoms with Crippen molar-refractivity contribution in [1.82, 2.24) is 19.6 Å². The summed E-state index contributed by atoms with van der Waals surface area (Å²) in [7, 11) is 0. The molecule has 96 valence electrons. The van der Waals surface area contributed by atoms with Crippen LogP contribution in [-0.4, -0.2) is 53.5 Å². The molecule has 17 heavy (non-hydrogen) atoms. The van der Waals surface area contributed by atoms with Gasteiger partial charge in [-0.2, -0.15) is 4.37 Å². The lowest BCUT2D eigenvalue weighted by Crippen LogP contribution is -2.45. The van der Waals surface area contributed by atoms with Crippen molar-refractivity contribution in [2.45, 2.75) is 19.8 Å². The van der Waals surface area contributed by atoms with Crippen molar-refractivity contribution < 1.29 is 0 Å². The summed E-state index contributed by atoms with van der Waals surface area (Å²) < 4.78 is 4.32. The molecule has 6 heteroatoms. The van der Waals surface area contributed by atoms with Gasteiger partial charge in [0.1, 0.15) is 5.82 Å². The van der Waals surface area contributed by atoms with E-state index in [1.54, 1.807) is 0 Å². The van der Waals surface area contributed by atoms with E-state index in [0.717, 1.165) is 63.1 Å². The first-order valence-corrected chi connectivity index (χ1v) is 7.15. The highest BCUT2D eigenvalue weighted by atomic mass is 32.1. The topological polar surface area (TPSA) is 53.1 Å². The quantitative estimate of drug-likeness (QED) is 0.788. The Morgan fingerprint density at radius 2 is 2.24 bits per heavy atom. The van der Waals surface area contributed by atoms with Gasteiger partial charge < -0.3 is 10.6 Å². The molecule has 1 fully saturated rings. The monoisotopic (exact) mass is 255 g/mol. The predicted molar refractivity (Wildman–Crippen MR) is 71.7 cm³/mol. The number of hydrogen-bond donors (Lipinski definition) is 2. The number of hydrogen-bond acceptors (Lipinski definition) is 6. The van der Waals surface area contributed by atoms with Crippen LogP contribution in [0.2, 0.25) is 0 Å². The maximum Gasteiger partial charge on any atom is 0.202 e. The minimum Gasteiger partial charge on any atom is -0.359 e. The van der Waals surface area contributed by atoms with E-state index in [1.165, 1.54) is 11.5 Å². The Morgan fingerprint density at radius 3 is 3.00 bits per heavy atom. The number of anilines is 1. The Hall–Kier alpha value is -0.720. The number of aryl methyl sites for hydroxylation is 1. The number of nitrogens with zero attached hydrogens (tertiary/aromatic N) is 3. The molecule has 0 bridgehead atoms. The van der Waals surface area contributed by atoms with Gasteiger partial charge in [-0.05, 0) is 6.42 Å². The fraction of sp³-hybridized carbons (Fsp3) is 0.818. The molecule has 5 nitrogen and oxygen atoms in total. The number of aromatic nitrogens is 2. The summed E-state index contributed by atoms with van der Waals surface area (Å²) in [6.45, 7) is 8.72. The Kier molecular flexibility index (Phi) is 5.15. The standard InChI is InChI=1S/C11H21N5S/c1-2-3-10-14-11(17-15-10)13-6-9-16-7-4-12-5-8-16/h12H,2-9H2,1H3,(H,13,14,15). The molecule has 0 saturated carbocycles. The van der Waals surface area contributed by atoms with E-state index < -0.39 is 0 Å². The van der Waals surface area contributed by atoms with Crippen LogP contribution in [0, 0.1) is 0 Å². The van der Waals surface area contributed by atoms with Crippen molar-refractivity contribution in [3.05, 3.63) is 5.82 Å². The van der Waals surface area contributed by atoms with Crippen molar-refractivity contribution in [1.29, 1.82) is 0 Å².